The number of benzene rings is 3. The van der Waals surface area contributed by atoms with Crippen molar-refractivity contribution in [1.29, 1.82) is 0 Å². The number of aliphatic hydroxyl groups excluding tert-OH is 3. The molecule has 1 aliphatic carbocycles. The van der Waals surface area contributed by atoms with Crippen LogP contribution in [-0.2, 0) is 9.47 Å². The lowest BCUT2D eigenvalue weighted by Crippen LogP contribution is -2.50. The Kier molecular flexibility index (Phi) is 11.7. The number of anilines is 1. The second-order valence-electron chi connectivity index (χ2n) is 11.6. The molecule has 2 aromatic rings. The number of terminal acetylenes is 1. The van der Waals surface area contributed by atoms with E-state index < -0.39 is 24.6 Å². The first-order valence-electron chi connectivity index (χ1n) is 15.4. The van der Waals surface area contributed by atoms with E-state index in [1.807, 2.05) is 73.6 Å². The van der Waals surface area contributed by atoms with Gasteiger partial charge in [0.2, 0.25) is 5.36 Å². The number of hydrogen-bond acceptors (Lipinski definition) is 11. The first kappa shape index (κ1) is 34.1. The lowest BCUT2D eigenvalue weighted by atomic mass is 10.00. The van der Waals surface area contributed by atoms with E-state index in [0.717, 1.165) is 37.4 Å². The molecule has 3 aliphatic rings. The van der Waals surface area contributed by atoms with Gasteiger partial charge in [0.25, 0.3) is 0 Å². The molecule has 0 aromatic heterocycles. The fourth-order valence-corrected chi connectivity index (χ4v) is 6.44. The molecular formula is C35H41N6O5S+. The van der Waals surface area contributed by atoms with Crippen LogP contribution in [0.2, 0.25) is 0 Å². The van der Waals surface area contributed by atoms with Crippen LogP contribution in [0.4, 0.5) is 5.69 Å². The molecule has 3 unspecified atom stereocenters. The van der Waals surface area contributed by atoms with E-state index in [-0.39, 0.29) is 25.6 Å². The Balaban J connectivity index is 1.29. The Morgan fingerprint density at radius 1 is 1.21 bits per heavy atom. The summed E-state index contributed by atoms with van der Waals surface area (Å²) >= 11 is 1.68. The van der Waals surface area contributed by atoms with Crippen LogP contribution in [0.5, 0.6) is 0 Å². The standard InChI is InChI=1S/C35H41N6O5S/c1-4-14-40(2)26-10-12-28-33(15-26)47-34-16-27(11-13-29(34)38-28)41(3)20-25(39-36)19-37-18-24(23-8-6-5-7-9-23)22-45-35-31(44)17-30(43)32(21-42)46-35/h1,5-13,15-16,19,24,30-32,35,42-44H,14,17-18,20-22,36H2,2-3H3/q+1/b37-19?,39-25+/t24?,30?,31?,32-,35-/m0/s1. The lowest BCUT2D eigenvalue weighted by molar-refractivity contribution is -0.271. The predicted molar refractivity (Wildman–Crippen MR) is 187 cm³/mol. The van der Waals surface area contributed by atoms with Crippen molar-refractivity contribution < 1.29 is 24.8 Å². The Morgan fingerprint density at radius 3 is 2.77 bits per heavy atom. The summed E-state index contributed by atoms with van der Waals surface area (Å²) in [5.74, 6) is 8.31. The zero-order chi connectivity index (χ0) is 33.3. The van der Waals surface area contributed by atoms with Crippen molar-refractivity contribution in [3.63, 3.8) is 0 Å². The zero-order valence-electron chi connectivity index (χ0n) is 26.5. The van der Waals surface area contributed by atoms with Gasteiger partial charge in [-0.1, -0.05) is 36.3 Å². The number of rotatable bonds is 12. The highest BCUT2D eigenvalue weighted by Gasteiger charge is 2.37. The molecule has 2 aliphatic heterocycles. The van der Waals surface area contributed by atoms with Crippen molar-refractivity contribution in [2.24, 2.45) is 15.9 Å². The molecule has 1 fully saturated rings. The van der Waals surface area contributed by atoms with Crippen LogP contribution in [0.1, 0.15) is 17.9 Å². The summed E-state index contributed by atoms with van der Waals surface area (Å²) < 4.78 is 14.7. The Bertz CT molecular complexity index is 1790. The number of aromatic nitrogens is 1. The minimum Gasteiger partial charge on any atom is -0.394 e. The van der Waals surface area contributed by atoms with E-state index in [4.69, 9.17) is 26.7 Å². The third kappa shape index (κ3) is 8.58. The van der Waals surface area contributed by atoms with Crippen molar-refractivity contribution in [2.75, 3.05) is 51.8 Å². The average molecular weight is 658 g/mol. The number of aliphatic hydroxyl groups is 3. The maximum atomic E-state index is 10.4. The smallest absolute Gasteiger partial charge is 0.201 e. The molecule has 5 rings (SSSR count). The summed E-state index contributed by atoms with van der Waals surface area (Å²) in [6, 6.07) is 22.1. The minimum absolute atomic E-state index is 0.0601. The van der Waals surface area contributed by atoms with E-state index >= 15 is 0 Å². The van der Waals surface area contributed by atoms with Gasteiger partial charge in [-0.3, -0.25) is 4.99 Å². The summed E-state index contributed by atoms with van der Waals surface area (Å²) in [5.41, 5.74) is 4.49. The molecule has 47 heavy (non-hydrogen) atoms. The van der Waals surface area contributed by atoms with Gasteiger partial charge in [-0.25, -0.2) is 9.56 Å². The van der Waals surface area contributed by atoms with Crippen molar-refractivity contribution in [2.45, 2.75) is 36.9 Å². The van der Waals surface area contributed by atoms with E-state index in [0.29, 0.717) is 25.3 Å². The first-order valence-corrected chi connectivity index (χ1v) is 16.2. The van der Waals surface area contributed by atoms with Gasteiger partial charge in [-0.05, 0) is 29.8 Å². The highest BCUT2D eigenvalue weighted by Crippen LogP contribution is 2.31. The number of hydrazone groups is 1. The molecule has 5 atom stereocenters. The normalized spacial score (nSPS) is 21.6. The van der Waals surface area contributed by atoms with E-state index in [1.54, 1.807) is 17.6 Å². The largest absolute Gasteiger partial charge is 0.394 e. The van der Waals surface area contributed by atoms with E-state index in [2.05, 4.69) is 32.7 Å². The van der Waals surface area contributed by atoms with Crippen LogP contribution >= 0.6 is 11.3 Å². The first-order chi connectivity index (χ1) is 22.8. The Morgan fingerprint density at radius 2 is 2.02 bits per heavy atom. The molecule has 0 amide bonds. The summed E-state index contributed by atoms with van der Waals surface area (Å²) in [6.45, 7) is 1.16. The van der Waals surface area contributed by atoms with Crippen molar-refractivity contribution >= 4 is 39.2 Å². The molecule has 1 saturated heterocycles. The van der Waals surface area contributed by atoms with Crippen LogP contribution in [0.15, 0.2) is 76.8 Å². The van der Waals surface area contributed by atoms with Crippen molar-refractivity contribution in [3.8, 4) is 22.9 Å². The summed E-state index contributed by atoms with van der Waals surface area (Å²) in [7, 11) is 3.94. The summed E-state index contributed by atoms with van der Waals surface area (Å²) in [4.78, 5) is 12.6. The summed E-state index contributed by atoms with van der Waals surface area (Å²) in [5, 5.41) is 34.9. The molecule has 0 radical (unpaired) electrons. The van der Waals surface area contributed by atoms with Crippen LogP contribution in [-0.4, -0.2) is 104 Å². The van der Waals surface area contributed by atoms with E-state index in [9.17, 15) is 15.3 Å². The van der Waals surface area contributed by atoms with Gasteiger partial charge in [-0.15, -0.1) is 17.8 Å². The van der Waals surface area contributed by atoms with Crippen LogP contribution in [0.3, 0.4) is 0 Å². The maximum absolute atomic E-state index is 10.4. The zero-order valence-corrected chi connectivity index (χ0v) is 27.3. The predicted octanol–water partition coefficient (Wildman–Crippen LogP) is 1.89. The molecule has 0 spiro atoms. The molecule has 12 heteroatoms. The maximum Gasteiger partial charge on any atom is 0.201 e. The molecule has 5 N–H and O–H groups in total. The third-order valence-electron chi connectivity index (χ3n) is 8.14. The topological polar surface area (TPSA) is 149 Å². The highest BCUT2D eigenvalue weighted by molar-refractivity contribution is 7.21. The van der Waals surface area contributed by atoms with Crippen LogP contribution < -0.4 is 20.7 Å². The third-order valence-corrected chi connectivity index (χ3v) is 9.23. The number of nitrogens with two attached hydrogens (primary N) is 1. The molecule has 0 saturated carbocycles. The molecular weight excluding hydrogens is 616 g/mol. The number of fused-ring (bicyclic) bond motifs is 2. The van der Waals surface area contributed by atoms with Crippen molar-refractivity contribution in [3.05, 3.63) is 77.7 Å². The minimum atomic E-state index is -1.01. The van der Waals surface area contributed by atoms with Gasteiger partial charge < -0.3 is 35.5 Å². The number of ether oxygens (including phenoxy) is 2. The molecule has 0 bridgehead atoms. The van der Waals surface area contributed by atoms with Gasteiger partial charge in [0, 0.05) is 43.8 Å². The van der Waals surface area contributed by atoms with Gasteiger partial charge in [0.1, 0.15) is 25.0 Å². The van der Waals surface area contributed by atoms with Crippen LogP contribution in [0, 0.1) is 12.3 Å². The SMILES string of the molecule is C#CCN(C)c1ccc2nc3ccc(=[N+](C)C/C(C=NCC(CO[C@H]4O[C@@H](CO)C(O)CC4O)c4ccccc4)=N/N)cc-3sc2c1. The number of hydrogen-bond donors (Lipinski definition) is 4. The van der Waals surface area contributed by atoms with Gasteiger partial charge >= 0.3 is 0 Å². The second kappa shape index (κ2) is 16.1. The number of aliphatic imine (C=N–C) groups is 1. The van der Waals surface area contributed by atoms with Gasteiger partial charge in [-0.2, -0.15) is 5.10 Å². The average Bonchev–Trinajstić information content (AvgIpc) is 3.08. The van der Waals surface area contributed by atoms with E-state index in [1.165, 1.54) is 0 Å². The highest BCUT2D eigenvalue weighted by atomic mass is 32.1. The monoisotopic (exact) mass is 657 g/mol. The Labute approximate surface area is 278 Å². The Hall–Kier alpha value is -4.22. The summed E-state index contributed by atoms with van der Waals surface area (Å²) in [6.07, 6.45) is 3.49. The lowest BCUT2D eigenvalue weighted by Gasteiger charge is -2.36. The quantitative estimate of drug-likeness (QED) is 0.0451. The molecule has 11 nitrogen and oxygen atoms in total. The van der Waals surface area contributed by atoms with Gasteiger partial charge in [0.15, 0.2) is 12.8 Å². The molecule has 2 heterocycles. The van der Waals surface area contributed by atoms with Crippen molar-refractivity contribution in [1.82, 2.24) is 9.56 Å². The molecule has 2 aromatic carbocycles. The second-order valence-corrected chi connectivity index (χ2v) is 12.7. The number of nitrogens with zero attached hydrogens (tertiary/aromatic N) is 5. The molecule has 246 valence electrons. The fraction of sp³-hybridized carbons (Fsp3) is 0.371. The van der Waals surface area contributed by atoms with Gasteiger partial charge in [0.05, 0.1) is 52.9 Å². The van der Waals surface area contributed by atoms with Crippen LogP contribution in [0.25, 0.3) is 20.8 Å². The fourth-order valence-electron chi connectivity index (χ4n) is 5.41.